The number of rotatable bonds is 4. The second kappa shape index (κ2) is 13.0. The number of anilines is 3. The SMILES string of the molecule is [C-]#[N+]c1cc(N2c3ccccc3C3(c4ccccc4Sc4ccccc43)c3ccccc32)cc(C#N)c1-c1nc(-c2ccccc2)nc(-c2ccccc2)n1. The molecule has 7 aromatic carbocycles. The molecule has 6 nitrogen and oxygen atoms in total. The van der Waals surface area contributed by atoms with E-state index in [1.54, 1.807) is 11.8 Å². The first-order valence-electron chi connectivity index (χ1n) is 17.9. The Hall–Kier alpha value is -7.32. The lowest BCUT2D eigenvalue weighted by Crippen LogP contribution is -2.39. The summed E-state index contributed by atoms with van der Waals surface area (Å²) >= 11 is 1.81. The van der Waals surface area contributed by atoms with Crippen LogP contribution in [0.1, 0.15) is 27.8 Å². The van der Waals surface area contributed by atoms with Gasteiger partial charge in [0, 0.05) is 32.2 Å². The van der Waals surface area contributed by atoms with E-state index in [0.717, 1.165) is 33.6 Å². The Morgan fingerprint density at radius 3 is 1.51 bits per heavy atom. The van der Waals surface area contributed by atoms with Gasteiger partial charge in [0.25, 0.3) is 0 Å². The summed E-state index contributed by atoms with van der Waals surface area (Å²) < 4.78 is 0. The smallest absolute Gasteiger partial charge is 0.201 e. The average molecular weight is 721 g/mol. The maximum atomic E-state index is 10.9. The minimum Gasteiger partial charge on any atom is -0.311 e. The van der Waals surface area contributed by atoms with Crippen molar-refractivity contribution in [3.8, 4) is 40.2 Å². The molecule has 0 atom stereocenters. The number of aromatic nitrogens is 3. The fourth-order valence-electron chi connectivity index (χ4n) is 8.17. The highest BCUT2D eigenvalue weighted by molar-refractivity contribution is 7.99. The zero-order valence-corrected chi connectivity index (χ0v) is 30.1. The van der Waals surface area contributed by atoms with Crippen molar-refractivity contribution >= 4 is 34.5 Å². The van der Waals surface area contributed by atoms with Gasteiger partial charge in [0.2, 0.25) is 5.69 Å². The molecule has 0 radical (unpaired) electrons. The van der Waals surface area contributed by atoms with E-state index in [0.29, 0.717) is 28.5 Å². The second-order valence-corrected chi connectivity index (χ2v) is 14.4. The molecule has 0 fully saturated rings. The molecule has 7 heteroatoms. The first-order chi connectivity index (χ1) is 27.2. The van der Waals surface area contributed by atoms with E-state index in [9.17, 15) is 5.26 Å². The van der Waals surface area contributed by atoms with Crippen LogP contribution in [0.3, 0.4) is 0 Å². The zero-order valence-electron chi connectivity index (χ0n) is 29.3. The number of para-hydroxylation sites is 2. The molecule has 2 aliphatic heterocycles. The third kappa shape index (κ3) is 4.99. The summed E-state index contributed by atoms with van der Waals surface area (Å²) in [5.74, 6) is 1.20. The molecule has 0 unspecified atom stereocenters. The van der Waals surface area contributed by atoms with E-state index in [2.05, 4.69) is 113 Å². The van der Waals surface area contributed by atoms with Crippen molar-refractivity contribution in [3.05, 3.63) is 209 Å². The van der Waals surface area contributed by atoms with Crippen LogP contribution in [0.4, 0.5) is 22.7 Å². The monoisotopic (exact) mass is 720 g/mol. The van der Waals surface area contributed by atoms with Gasteiger partial charge < -0.3 is 4.90 Å². The number of nitrogens with zero attached hydrogens (tertiary/aromatic N) is 6. The van der Waals surface area contributed by atoms with Gasteiger partial charge in [0.05, 0.1) is 35.0 Å². The van der Waals surface area contributed by atoms with Crippen LogP contribution in [0.25, 0.3) is 39.0 Å². The van der Waals surface area contributed by atoms with Crippen LogP contribution in [0.15, 0.2) is 180 Å². The molecule has 0 bridgehead atoms. The lowest BCUT2D eigenvalue weighted by Gasteiger charge is -2.49. The largest absolute Gasteiger partial charge is 0.311 e. The lowest BCUT2D eigenvalue weighted by molar-refractivity contribution is 0.692. The molecule has 1 aromatic heterocycles. The van der Waals surface area contributed by atoms with E-state index in [1.165, 1.54) is 20.9 Å². The maximum Gasteiger partial charge on any atom is 0.201 e. The molecular weight excluding hydrogens is 693 g/mol. The fourth-order valence-corrected chi connectivity index (χ4v) is 9.36. The molecule has 1 spiro atoms. The minimum atomic E-state index is -0.602. The molecule has 0 amide bonds. The van der Waals surface area contributed by atoms with E-state index >= 15 is 0 Å². The molecular formula is C48H28N6S. The van der Waals surface area contributed by atoms with Crippen LogP contribution in [0, 0.1) is 17.9 Å². The molecule has 2 aliphatic rings. The number of hydrogen-bond acceptors (Lipinski definition) is 6. The Morgan fingerprint density at radius 2 is 1.00 bits per heavy atom. The molecule has 3 heterocycles. The molecule has 10 rings (SSSR count). The predicted molar refractivity (Wildman–Crippen MR) is 218 cm³/mol. The topological polar surface area (TPSA) is 70.1 Å². The maximum absolute atomic E-state index is 10.9. The van der Waals surface area contributed by atoms with Crippen molar-refractivity contribution in [1.82, 2.24) is 15.0 Å². The van der Waals surface area contributed by atoms with Crippen molar-refractivity contribution < 1.29 is 0 Å². The standard InChI is InChI=1S/C48H28N6S/c1-50-39-29-34(28-33(30-49)44(39)47-52-45(31-16-4-2-5-17-31)51-46(53-47)32-18-6-3-7-19-32)54-40-24-12-8-20-35(40)48(36-21-9-13-25-41(36)54)37-22-10-14-26-42(37)55-43-27-15-11-23-38(43)48/h2-29H. The Kier molecular flexibility index (Phi) is 7.62. The van der Waals surface area contributed by atoms with Crippen LogP contribution in [-0.2, 0) is 5.41 Å². The summed E-state index contributed by atoms with van der Waals surface area (Å²) in [7, 11) is 0. The second-order valence-electron chi connectivity index (χ2n) is 13.4. The quantitative estimate of drug-likeness (QED) is 0.169. The fraction of sp³-hybridized carbons (Fsp3) is 0.0208. The molecule has 0 saturated heterocycles. The first-order valence-corrected chi connectivity index (χ1v) is 18.7. The van der Waals surface area contributed by atoms with E-state index in [-0.39, 0.29) is 11.5 Å². The molecule has 0 saturated carbocycles. The number of fused-ring (bicyclic) bond motifs is 8. The van der Waals surface area contributed by atoms with Crippen molar-refractivity contribution in [3.63, 3.8) is 0 Å². The summed E-state index contributed by atoms with van der Waals surface area (Å²) in [6.07, 6.45) is 0. The molecule has 0 aliphatic carbocycles. The third-order valence-corrected chi connectivity index (χ3v) is 11.6. The van der Waals surface area contributed by atoms with Crippen molar-refractivity contribution in [2.75, 3.05) is 4.90 Å². The average Bonchev–Trinajstić information content (AvgIpc) is 3.26. The van der Waals surface area contributed by atoms with Gasteiger partial charge in [-0.3, -0.25) is 0 Å². The summed E-state index contributed by atoms with van der Waals surface area (Å²) in [4.78, 5) is 23.3. The first kappa shape index (κ1) is 32.3. The molecule has 256 valence electrons. The van der Waals surface area contributed by atoms with Crippen molar-refractivity contribution in [2.24, 2.45) is 0 Å². The highest BCUT2D eigenvalue weighted by Crippen LogP contribution is 2.63. The third-order valence-electron chi connectivity index (χ3n) is 10.4. The van der Waals surface area contributed by atoms with Crippen LogP contribution in [-0.4, -0.2) is 15.0 Å². The summed E-state index contributed by atoms with van der Waals surface area (Å²) in [5, 5.41) is 10.9. The van der Waals surface area contributed by atoms with Gasteiger partial charge >= 0.3 is 0 Å². The Morgan fingerprint density at radius 1 is 0.545 bits per heavy atom. The van der Waals surface area contributed by atoms with Gasteiger partial charge in [-0.25, -0.2) is 19.8 Å². The van der Waals surface area contributed by atoms with Crippen molar-refractivity contribution in [2.45, 2.75) is 15.2 Å². The summed E-state index contributed by atoms with van der Waals surface area (Å²) in [6.45, 7) is 8.48. The van der Waals surface area contributed by atoms with Gasteiger partial charge in [-0.15, -0.1) is 0 Å². The molecule has 0 N–H and O–H groups in total. The highest BCUT2D eigenvalue weighted by atomic mass is 32.2. The van der Waals surface area contributed by atoms with Crippen molar-refractivity contribution in [1.29, 1.82) is 5.26 Å². The minimum absolute atomic E-state index is 0.271. The van der Waals surface area contributed by atoms with Gasteiger partial charge in [-0.05, 0) is 58.7 Å². The number of nitriles is 1. The van der Waals surface area contributed by atoms with Crippen LogP contribution >= 0.6 is 11.8 Å². The van der Waals surface area contributed by atoms with Gasteiger partial charge in [0.15, 0.2) is 17.5 Å². The van der Waals surface area contributed by atoms with E-state index in [4.69, 9.17) is 21.5 Å². The molecule has 8 aromatic rings. The Bertz CT molecular complexity index is 2710. The molecule has 55 heavy (non-hydrogen) atoms. The summed E-state index contributed by atoms with van der Waals surface area (Å²) in [6, 6.07) is 60.0. The normalized spacial score (nSPS) is 13.1. The van der Waals surface area contributed by atoms with Crippen LogP contribution < -0.4 is 4.90 Å². The van der Waals surface area contributed by atoms with Gasteiger partial charge in [-0.2, -0.15) is 5.26 Å². The van der Waals surface area contributed by atoms with E-state index in [1.807, 2.05) is 72.8 Å². The van der Waals surface area contributed by atoms with E-state index < -0.39 is 5.41 Å². The number of benzene rings is 7. The lowest BCUT2D eigenvalue weighted by atomic mass is 9.62. The zero-order chi connectivity index (χ0) is 36.9. The highest BCUT2D eigenvalue weighted by Gasteiger charge is 2.50. The summed E-state index contributed by atoms with van der Waals surface area (Å²) in [5.41, 5.74) is 9.32. The van der Waals surface area contributed by atoms with Crippen LogP contribution in [0.5, 0.6) is 0 Å². The Labute approximate surface area is 322 Å². The van der Waals surface area contributed by atoms with Gasteiger partial charge in [-0.1, -0.05) is 145 Å². The number of hydrogen-bond donors (Lipinski definition) is 0. The van der Waals surface area contributed by atoms with Gasteiger partial charge in [0.1, 0.15) is 0 Å². The van der Waals surface area contributed by atoms with Crippen LogP contribution in [0.2, 0.25) is 0 Å². The predicted octanol–water partition coefficient (Wildman–Crippen LogP) is 11.9. The Balaban J connectivity index is 1.21.